The van der Waals surface area contributed by atoms with Gasteiger partial charge in [-0.3, -0.25) is 4.79 Å². The first-order valence-electron chi connectivity index (χ1n) is 7.87. The number of hydrogen-bond acceptors (Lipinski definition) is 2. The zero-order valence-corrected chi connectivity index (χ0v) is 12.7. The second-order valence-electron chi connectivity index (χ2n) is 6.07. The molecule has 1 atom stereocenters. The highest BCUT2D eigenvalue weighted by atomic mass is 16.1. The van der Waals surface area contributed by atoms with E-state index in [1.54, 1.807) is 0 Å². The van der Waals surface area contributed by atoms with Crippen LogP contribution in [0.2, 0.25) is 0 Å². The van der Waals surface area contributed by atoms with Gasteiger partial charge in [0, 0.05) is 12.5 Å². The monoisotopic (exact) mass is 294 g/mol. The predicted octanol–water partition coefficient (Wildman–Crippen LogP) is 3.27. The molecule has 3 nitrogen and oxygen atoms in total. The van der Waals surface area contributed by atoms with Gasteiger partial charge in [0.1, 0.15) is 0 Å². The molecule has 2 aromatic carbocycles. The van der Waals surface area contributed by atoms with Crippen molar-refractivity contribution in [3.8, 4) is 0 Å². The molecule has 0 radical (unpaired) electrons. The summed E-state index contributed by atoms with van der Waals surface area (Å²) in [5, 5.41) is 3.23. The smallest absolute Gasteiger partial charge is 0.222 e. The SMILES string of the molecule is NC(CC(=O)NC1(c2ccccc2)CCC1)c1ccccc1. The van der Waals surface area contributed by atoms with Gasteiger partial charge in [-0.25, -0.2) is 0 Å². The Morgan fingerprint density at radius 1 is 1.05 bits per heavy atom. The van der Waals surface area contributed by atoms with Gasteiger partial charge in [-0.1, -0.05) is 60.7 Å². The van der Waals surface area contributed by atoms with Crippen molar-refractivity contribution in [2.75, 3.05) is 0 Å². The lowest BCUT2D eigenvalue weighted by atomic mass is 9.71. The fraction of sp³-hybridized carbons (Fsp3) is 0.316. The van der Waals surface area contributed by atoms with Crippen molar-refractivity contribution in [2.24, 2.45) is 5.73 Å². The zero-order chi connectivity index (χ0) is 15.4. The highest BCUT2D eigenvalue weighted by molar-refractivity contribution is 5.78. The van der Waals surface area contributed by atoms with Gasteiger partial charge in [0.15, 0.2) is 0 Å². The van der Waals surface area contributed by atoms with Crippen LogP contribution in [0.15, 0.2) is 60.7 Å². The highest BCUT2D eigenvalue weighted by Gasteiger charge is 2.39. The molecule has 1 amide bonds. The van der Waals surface area contributed by atoms with E-state index in [0.29, 0.717) is 6.42 Å². The quantitative estimate of drug-likeness (QED) is 0.889. The molecule has 1 aliphatic carbocycles. The van der Waals surface area contributed by atoms with Crippen LogP contribution in [-0.4, -0.2) is 5.91 Å². The number of carbonyl (C=O) groups excluding carboxylic acids is 1. The van der Waals surface area contributed by atoms with Gasteiger partial charge in [-0.05, 0) is 30.4 Å². The summed E-state index contributed by atoms with van der Waals surface area (Å²) in [6.45, 7) is 0. The Balaban J connectivity index is 1.66. The summed E-state index contributed by atoms with van der Waals surface area (Å²) < 4.78 is 0. The maximum absolute atomic E-state index is 12.4. The minimum atomic E-state index is -0.255. The Labute approximate surface area is 131 Å². The summed E-state index contributed by atoms with van der Waals surface area (Å²) in [5.74, 6) is 0.0277. The van der Waals surface area contributed by atoms with Gasteiger partial charge in [0.05, 0.1) is 5.54 Å². The molecule has 22 heavy (non-hydrogen) atoms. The molecule has 0 bridgehead atoms. The van der Waals surface area contributed by atoms with Crippen molar-refractivity contribution in [1.82, 2.24) is 5.32 Å². The van der Waals surface area contributed by atoms with Gasteiger partial charge in [-0.15, -0.1) is 0 Å². The van der Waals surface area contributed by atoms with E-state index in [1.165, 1.54) is 5.56 Å². The van der Waals surface area contributed by atoms with Crippen LogP contribution in [0.5, 0.6) is 0 Å². The van der Waals surface area contributed by atoms with Gasteiger partial charge >= 0.3 is 0 Å². The van der Waals surface area contributed by atoms with Crippen LogP contribution in [-0.2, 0) is 10.3 Å². The second-order valence-corrected chi connectivity index (χ2v) is 6.07. The van der Waals surface area contributed by atoms with E-state index >= 15 is 0 Å². The lowest BCUT2D eigenvalue weighted by Crippen LogP contribution is -2.51. The lowest BCUT2D eigenvalue weighted by molar-refractivity contribution is -0.124. The van der Waals surface area contributed by atoms with Gasteiger partial charge in [-0.2, -0.15) is 0 Å². The third-order valence-electron chi connectivity index (χ3n) is 4.55. The molecular weight excluding hydrogens is 272 g/mol. The fourth-order valence-corrected chi connectivity index (χ4v) is 3.11. The van der Waals surface area contributed by atoms with E-state index in [9.17, 15) is 4.79 Å². The van der Waals surface area contributed by atoms with E-state index in [-0.39, 0.29) is 17.5 Å². The number of nitrogens with two attached hydrogens (primary N) is 1. The normalized spacial score (nSPS) is 17.3. The standard InChI is InChI=1S/C19H22N2O/c20-17(15-8-3-1-4-9-15)14-18(22)21-19(12-7-13-19)16-10-5-2-6-11-16/h1-6,8-11,17H,7,12-14,20H2,(H,21,22). The average molecular weight is 294 g/mol. The van der Waals surface area contributed by atoms with Crippen molar-refractivity contribution in [2.45, 2.75) is 37.3 Å². The Hall–Kier alpha value is -2.13. The molecule has 0 aliphatic heterocycles. The van der Waals surface area contributed by atoms with Crippen LogP contribution in [0.3, 0.4) is 0 Å². The van der Waals surface area contributed by atoms with Gasteiger partial charge in [0.2, 0.25) is 5.91 Å². The number of rotatable bonds is 5. The molecule has 3 heteroatoms. The summed E-state index contributed by atoms with van der Waals surface area (Å²) in [4.78, 5) is 12.4. The Bertz CT molecular complexity index is 620. The molecule has 3 rings (SSSR count). The molecule has 2 aromatic rings. The summed E-state index contributed by atoms with van der Waals surface area (Å²) in [7, 11) is 0. The summed E-state index contributed by atoms with van der Waals surface area (Å²) >= 11 is 0. The van der Waals surface area contributed by atoms with Crippen molar-refractivity contribution in [1.29, 1.82) is 0 Å². The molecule has 0 heterocycles. The van der Waals surface area contributed by atoms with Gasteiger partial charge in [0.25, 0.3) is 0 Å². The van der Waals surface area contributed by atoms with E-state index < -0.39 is 0 Å². The molecule has 0 saturated heterocycles. The topological polar surface area (TPSA) is 55.1 Å². The molecule has 0 aromatic heterocycles. The Morgan fingerprint density at radius 3 is 2.18 bits per heavy atom. The van der Waals surface area contributed by atoms with Crippen molar-refractivity contribution >= 4 is 5.91 Å². The van der Waals surface area contributed by atoms with E-state index in [4.69, 9.17) is 5.73 Å². The van der Waals surface area contributed by atoms with Crippen molar-refractivity contribution in [3.63, 3.8) is 0 Å². The fourth-order valence-electron chi connectivity index (χ4n) is 3.11. The van der Waals surface area contributed by atoms with Crippen LogP contribution in [0.1, 0.15) is 42.9 Å². The maximum atomic E-state index is 12.4. The first-order chi connectivity index (χ1) is 10.7. The molecule has 1 unspecified atom stereocenters. The van der Waals surface area contributed by atoms with E-state index in [2.05, 4.69) is 17.4 Å². The number of nitrogens with one attached hydrogen (secondary N) is 1. The van der Waals surface area contributed by atoms with E-state index in [1.807, 2.05) is 48.5 Å². The first kappa shape index (κ1) is 14.8. The van der Waals surface area contributed by atoms with Crippen LogP contribution in [0.25, 0.3) is 0 Å². The minimum absolute atomic E-state index is 0.0277. The number of carbonyl (C=O) groups is 1. The summed E-state index contributed by atoms with van der Waals surface area (Å²) in [5.41, 5.74) is 8.16. The van der Waals surface area contributed by atoms with E-state index in [0.717, 1.165) is 24.8 Å². The lowest BCUT2D eigenvalue weighted by Gasteiger charge is -2.43. The first-order valence-corrected chi connectivity index (χ1v) is 7.87. The van der Waals surface area contributed by atoms with Gasteiger partial charge < -0.3 is 11.1 Å². The van der Waals surface area contributed by atoms with Crippen LogP contribution in [0, 0.1) is 0 Å². The zero-order valence-electron chi connectivity index (χ0n) is 12.7. The Morgan fingerprint density at radius 2 is 1.64 bits per heavy atom. The predicted molar refractivity (Wildman–Crippen MR) is 88.1 cm³/mol. The third kappa shape index (κ3) is 3.04. The number of hydrogen-bond donors (Lipinski definition) is 2. The molecule has 114 valence electrons. The Kier molecular flexibility index (Phi) is 4.25. The summed E-state index contributed by atoms with van der Waals surface area (Å²) in [6, 6.07) is 19.8. The highest BCUT2D eigenvalue weighted by Crippen LogP contribution is 2.41. The van der Waals surface area contributed by atoms with Crippen molar-refractivity contribution in [3.05, 3.63) is 71.8 Å². The maximum Gasteiger partial charge on any atom is 0.222 e. The average Bonchev–Trinajstić information content (AvgIpc) is 2.52. The molecule has 1 saturated carbocycles. The molecule has 0 spiro atoms. The molecule has 1 fully saturated rings. The van der Waals surface area contributed by atoms with Crippen LogP contribution < -0.4 is 11.1 Å². The van der Waals surface area contributed by atoms with Crippen LogP contribution >= 0.6 is 0 Å². The second kappa shape index (κ2) is 6.32. The van der Waals surface area contributed by atoms with Crippen LogP contribution in [0.4, 0.5) is 0 Å². The molecular formula is C19H22N2O. The molecule has 1 aliphatic rings. The molecule has 3 N–H and O–H groups in total. The number of benzene rings is 2. The largest absolute Gasteiger partial charge is 0.347 e. The van der Waals surface area contributed by atoms with Crippen molar-refractivity contribution < 1.29 is 4.79 Å². The minimum Gasteiger partial charge on any atom is -0.347 e. The third-order valence-corrected chi connectivity index (χ3v) is 4.55. The number of amides is 1. The summed E-state index contributed by atoms with van der Waals surface area (Å²) in [6.07, 6.45) is 3.48.